The van der Waals surface area contributed by atoms with Crippen molar-refractivity contribution in [2.24, 2.45) is 7.05 Å². The standard InChI is InChI=1S/C12H17N3O4/c1-14-7-8(15(18)19)6-10(14)12(17)13-9-4-2-3-5-11(9)16/h6-7,9,11,16H,2-5H2,1H3,(H,13,17)/t9-,11-/m1/s1. The van der Waals surface area contributed by atoms with Gasteiger partial charge in [-0.2, -0.15) is 0 Å². The second kappa shape index (κ2) is 5.40. The third-order valence-electron chi connectivity index (χ3n) is 3.48. The summed E-state index contributed by atoms with van der Waals surface area (Å²) < 4.78 is 1.42. The number of nitrogens with one attached hydrogen (secondary N) is 1. The lowest BCUT2D eigenvalue weighted by Crippen LogP contribution is -2.45. The van der Waals surface area contributed by atoms with Crippen LogP contribution in [0.3, 0.4) is 0 Å². The van der Waals surface area contributed by atoms with Crippen LogP contribution < -0.4 is 5.32 Å². The molecule has 1 heterocycles. The van der Waals surface area contributed by atoms with E-state index in [-0.39, 0.29) is 23.3 Å². The molecule has 7 nitrogen and oxygen atoms in total. The maximum Gasteiger partial charge on any atom is 0.287 e. The molecule has 1 fully saturated rings. The zero-order chi connectivity index (χ0) is 14.0. The molecule has 104 valence electrons. The van der Waals surface area contributed by atoms with Crippen molar-refractivity contribution in [3.8, 4) is 0 Å². The number of nitrogens with zero attached hydrogens (tertiary/aromatic N) is 2. The Morgan fingerprint density at radius 1 is 1.53 bits per heavy atom. The normalized spacial score (nSPS) is 23.1. The lowest BCUT2D eigenvalue weighted by atomic mass is 9.92. The van der Waals surface area contributed by atoms with Crippen molar-refractivity contribution in [1.29, 1.82) is 0 Å². The van der Waals surface area contributed by atoms with Crippen molar-refractivity contribution < 1.29 is 14.8 Å². The average molecular weight is 267 g/mol. The molecule has 1 aromatic heterocycles. The van der Waals surface area contributed by atoms with Gasteiger partial charge >= 0.3 is 0 Å². The topological polar surface area (TPSA) is 97.4 Å². The highest BCUT2D eigenvalue weighted by Gasteiger charge is 2.26. The fourth-order valence-corrected chi connectivity index (χ4v) is 2.39. The van der Waals surface area contributed by atoms with Gasteiger partial charge in [-0.05, 0) is 12.8 Å². The van der Waals surface area contributed by atoms with E-state index in [0.717, 1.165) is 19.3 Å². The largest absolute Gasteiger partial charge is 0.391 e. The molecule has 0 aliphatic heterocycles. The van der Waals surface area contributed by atoms with Crippen LogP contribution in [-0.4, -0.2) is 32.6 Å². The van der Waals surface area contributed by atoms with Gasteiger partial charge in [-0.25, -0.2) is 0 Å². The number of hydrogen-bond acceptors (Lipinski definition) is 4. The van der Waals surface area contributed by atoms with Crippen LogP contribution in [0.4, 0.5) is 5.69 Å². The van der Waals surface area contributed by atoms with Crippen LogP contribution in [0, 0.1) is 10.1 Å². The summed E-state index contributed by atoms with van der Waals surface area (Å²) in [5, 5.41) is 23.2. The van der Waals surface area contributed by atoms with Crippen molar-refractivity contribution >= 4 is 11.6 Å². The molecule has 2 atom stereocenters. The first-order valence-electron chi connectivity index (χ1n) is 6.28. The Hall–Kier alpha value is -1.89. The van der Waals surface area contributed by atoms with E-state index >= 15 is 0 Å². The van der Waals surface area contributed by atoms with E-state index in [1.165, 1.54) is 16.8 Å². The number of rotatable bonds is 3. The van der Waals surface area contributed by atoms with Crippen molar-refractivity contribution in [3.63, 3.8) is 0 Å². The van der Waals surface area contributed by atoms with E-state index < -0.39 is 11.0 Å². The van der Waals surface area contributed by atoms with E-state index in [1.54, 1.807) is 7.05 Å². The summed E-state index contributed by atoms with van der Waals surface area (Å²) in [4.78, 5) is 22.2. The smallest absolute Gasteiger partial charge is 0.287 e. The van der Waals surface area contributed by atoms with Crippen LogP contribution in [-0.2, 0) is 7.05 Å². The summed E-state index contributed by atoms with van der Waals surface area (Å²) in [6, 6.07) is 0.972. The zero-order valence-corrected chi connectivity index (χ0v) is 10.7. The van der Waals surface area contributed by atoms with Crippen molar-refractivity contribution in [2.45, 2.75) is 37.8 Å². The number of amides is 1. The van der Waals surface area contributed by atoms with Gasteiger partial charge in [0.2, 0.25) is 0 Å². The maximum absolute atomic E-state index is 12.0. The molecule has 1 amide bonds. The van der Waals surface area contributed by atoms with Crippen LogP contribution in [0.15, 0.2) is 12.3 Å². The Kier molecular flexibility index (Phi) is 3.84. The van der Waals surface area contributed by atoms with E-state index in [1.807, 2.05) is 0 Å². The molecule has 2 N–H and O–H groups in total. The highest BCUT2D eigenvalue weighted by molar-refractivity contribution is 5.93. The Morgan fingerprint density at radius 2 is 2.21 bits per heavy atom. The maximum atomic E-state index is 12.0. The second-order valence-electron chi connectivity index (χ2n) is 4.88. The average Bonchev–Trinajstić information content (AvgIpc) is 2.74. The van der Waals surface area contributed by atoms with Gasteiger partial charge in [0.25, 0.3) is 11.6 Å². The molecular weight excluding hydrogens is 250 g/mol. The van der Waals surface area contributed by atoms with E-state index in [2.05, 4.69) is 5.32 Å². The number of aromatic nitrogens is 1. The molecule has 0 radical (unpaired) electrons. The molecule has 1 aliphatic carbocycles. The van der Waals surface area contributed by atoms with Gasteiger partial charge in [-0.3, -0.25) is 14.9 Å². The first-order chi connectivity index (χ1) is 8.99. The third-order valence-corrected chi connectivity index (χ3v) is 3.48. The van der Waals surface area contributed by atoms with Gasteiger partial charge in [-0.1, -0.05) is 12.8 Å². The summed E-state index contributed by atoms with van der Waals surface area (Å²) in [7, 11) is 1.58. The van der Waals surface area contributed by atoms with Crippen molar-refractivity contribution in [2.75, 3.05) is 0 Å². The number of hydrogen-bond donors (Lipinski definition) is 2. The lowest BCUT2D eigenvalue weighted by molar-refractivity contribution is -0.384. The molecule has 0 aromatic carbocycles. The molecule has 1 aromatic rings. The highest BCUT2D eigenvalue weighted by atomic mass is 16.6. The molecule has 0 saturated heterocycles. The molecule has 0 bridgehead atoms. The van der Waals surface area contributed by atoms with Crippen LogP contribution in [0.25, 0.3) is 0 Å². The van der Waals surface area contributed by atoms with Crippen LogP contribution in [0.1, 0.15) is 36.2 Å². The summed E-state index contributed by atoms with van der Waals surface area (Å²) in [5.74, 6) is -0.387. The molecular formula is C12H17N3O4. The predicted molar refractivity (Wildman–Crippen MR) is 67.8 cm³/mol. The molecule has 0 unspecified atom stereocenters. The van der Waals surface area contributed by atoms with Crippen LogP contribution in [0.2, 0.25) is 0 Å². The number of carbonyl (C=O) groups excluding carboxylic acids is 1. The SMILES string of the molecule is Cn1cc([N+](=O)[O-])cc1C(=O)N[C@@H]1CCCC[C@H]1O. The molecule has 1 aliphatic rings. The van der Waals surface area contributed by atoms with Crippen LogP contribution in [0.5, 0.6) is 0 Å². The minimum atomic E-state index is -0.535. The first-order valence-corrected chi connectivity index (χ1v) is 6.28. The van der Waals surface area contributed by atoms with E-state index in [4.69, 9.17) is 0 Å². The van der Waals surface area contributed by atoms with Gasteiger partial charge in [0.1, 0.15) is 5.69 Å². The lowest BCUT2D eigenvalue weighted by Gasteiger charge is -2.28. The number of nitro groups is 1. The Labute approximate surface area is 110 Å². The molecule has 19 heavy (non-hydrogen) atoms. The minimum absolute atomic E-state index is 0.114. The van der Waals surface area contributed by atoms with Gasteiger partial charge < -0.3 is 15.0 Å². The molecule has 2 rings (SSSR count). The van der Waals surface area contributed by atoms with Crippen molar-refractivity contribution in [1.82, 2.24) is 9.88 Å². The summed E-state index contributed by atoms with van der Waals surface area (Å²) in [5.41, 5.74) is 0.112. The summed E-state index contributed by atoms with van der Waals surface area (Å²) >= 11 is 0. The van der Waals surface area contributed by atoms with E-state index in [0.29, 0.717) is 6.42 Å². The summed E-state index contributed by atoms with van der Waals surface area (Å²) in [6.07, 6.45) is 4.11. The van der Waals surface area contributed by atoms with E-state index in [9.17, 15) is 20.0 Å². The zero-order valence-electron chi connectivity index (χ0n) is 10.7. The molecule has 7 heteroatoms. The quantitative estimate of drug-likeness (QED) is 0.629. The monoisotopic (exact) mass is 267 g/mol. The molecule has 0 spiro atoms. The number of aliphatic hydroxyl groups is 1. The Bertz CT molecular complexity index is 497. The molecule has 1 saturated carbocycles. The second-order valence-corrected chi connectivity index (χ2v) is 4.88. The first kappa shape index (κ1) is 13.5. The van der Waals surface area contributed by atoms with Gasteiger partial charge in [0.05, 0.1) is 23.3 Å². The van der Waals surface area contributed by atoms with Gasteiger partial charge in [0.15, 0.2) is 0 Å². The number of aliphatic hydroxyl groups excluding tert-OH is 1. The number of aryl methyl sites for hydroxylation is 1. The fraction of sp³-hybridized carbons (Fsp3) is 0.583. The fourth-order valence-electron chi connectivity index (χ4n) is 2.39. The summed E-state index contributed by atoms with van der Waals surface area (Å²) in [6.45, 7) is 0. The highest BCUT2D eigenvalue weighted by Crippen LogP contribution is 2.20. The predicted octanol–water partition coefficient (Wildman–Crippen LogP) is 0.967. The van der Waals surface area contributed by atoms with Gasteiger partial charge in [0, 0.05) is 13.1 Å². The van der Waals surface area contributed by atoms with Crippen molar-refractivity contribution in [3.05, 3.63) is 28.1 Å². The Morgan fingerprint density at radius 3 is 2.79 bits per heavy atom. The van der Waals surface area contributed by atoms with Crippen LogP contribution >= 0.6 is 0 Å². The third kappa shape index (κ3) is 2.93. The van der Waals surface area contributed by atoms with Gasteiger partial charge in [-0.15, -0.1) is 0 Å². The minimum Gasteiger partial charge on any atom is -0.391 e. The Balaban J connectivity index is 2.09. The number of carbonyl (C=O) groups is 1.